The quantitative estimate of drug-likeness (QED) is 0.924. The average molecular weight is 293 g/mol. The predicted molar refractivity (Wildman–Crippen MR) is 64.0 cm³/mol. The number of thioether (sulfide) groups is 1. The third-order valence-corrected chi connectivity index (χ3v) is 4.25. The van der Waals surface area contributed by atoms with Gasteiger partial charge in [-0.3, -0.25) is 9.48 Å². The van der Waals surface area contributed by atoms with Gasteiger partial charge in [0.05, 0.1) is 21.1 Å². The highest BCUT2D eigenvalue weighted by Crippen LogP contribution is 2.26. The van der Waals surface area contributed by atoms with Crippen molar-refractivity contribution in [3.8, 4) is 0 Å². The first kappa shape index (κ1) is 12.6. The molecule has 0 aliphatic carbocycles. The summed E-state index contributed by atoms with van der Waals surface area (Å²) in [5.41, 5.74) is 1.95. The van der Waals surface area contributed by atoms with E-state index in [1.807, 2.05) is 14.0 Å². The summed E-state index contributed by atoms with van der Waals surface area (Å²) < 4.78 is 2.75. The Bertz CT molecular complexity index is 378. The van der Waals surface area contributed by atoms with Gasteiger partial charge in [-0.05, 0) is 29.8 Å². The molecule has 1 unspecified atom stereocenters. The maximum absolute atomic E-state index is 10.6. The van der Waals surface area contributed by atoms with Crippen molar-refractivity contribution in [3.05, 3.63) is 15.9 Å². The van der Waals surface area contributed by atoms with Gasteiger partial charge in [-0.1, -0.05) is 0 Å². The van der Waals surface area contributed by atoms with Gasteiger partial charge in [-0.2, -0.15) is 5.10 Å². The molecule has 0 amide bonds. The number of carboxylic acids is 1. The molecule has 0 aliphatic heterocycles. The summed E-state index contributed by atoms with van der Waals surface area (Å²) in [6, 6.07) is 0. The highest BCUT2D eigenvalue weighted by atomic mass is 79.9. The second kappa shape index (κ2) is 5.03. The van der Waals surface area contributed by atoms with Crippen LogP contribution >= 0.6 is 27.7 Å². The van der Waals surface area contributed by atoms with Crippen molar-refractivity contribution in [1.82, 2.24) is 9.78 Å². The fourth-order valence-corrected chi connectivity index (χ4v) is 2.66. The lowest BCUT2D eigenvalue weighted by Gasteiger charge is -2.06. The van der Waals surface area contributed by atoms with Crippen LogP contribution in [0.3, 0.4) is 0 Å². The van der Waals surface area contributed by atoms with Crippen LogP contribution < -0.4 is 0 Å². The monoisotopic (exact) mass is 292 g/mol. The number of halogens is 1. The van der Waals surface area contributed by atoms with Crippen molar-refractivity contribution in [2.75, 3.05) is 0 Å². The standard InChI is InChI=1S/C9H13BrN2O2S/c1-5-8(10)7(12(3)11-5)4-15-6(2)9(13)14/h6H,4H2,1-3H3,(H,13,14). The first-order valence-electron chi connectivity index (χ1n) is 4.46. The first-order valence-corrected chi connectivity index (χ1v) is 6.30. The number of carboxylic acid groups (broad SMARTS) is 1. The maximum Gasteiger partial charge on any atom is 0.316 e. The second-order valence-corrected chi connectivity index (χ2v) is 5.38. The lowest BCUT2D eigenvalue weighted by atomic mass is 10.4. The van der Waals surface area contributed by atoms with Crippen LogP contribution in [-0.2, 0) is 17.6 Å². The molecule has 84 valence electrons. The molecule has 4 nitrogen and oxygen atoms in total. The first-order chi connectivity index (χ1) is 6.93. The van der Waals surface area contributed by atoms with Gasteiger partial charge >= 0.3 is 5.97 Å². The number of aryl methyl sites for hydroxylation is 2. The molecule has 6 heteroatoms. The number of aromatic nitrogens is 2. The number of aliphatic carboxylic acids is 1. The summed E-state index contributed by atoms with van der Waals surface area (Å²) in [7, 11) is 1.86. The van der Waals surface area contributed by atoms with E-state index >= 15 is 0 Å². The van der Waals surface area contributed by atoms with Gasteiger partial charge in [-0.15, -0.1) is 11.8 Å². The molecule has 0 bridgehead atoms. The maximum atomic E-state index is 10.6. The Morgan fingerprint density at radius 1 is 1.73 bits per heavy atom. The van der Waals surface area contributed by atoms with Crippen LogP contribution in [0.2, 0.25) is 0 Å². The molecule has 1 atom stereocenters. The molecule has 0 fully saturated rings. The van der Waals surface area contributed by atoms with Crippen LogP contribution in [-0.4, -0.2) is 26.1 Å². The van der Waals surface area contributed by atoms with E-state index in [9.17, 15) is 4.79 Å². The predicted octanol–water partition coefficient (Wildman–Crippen LogP) is 2.20. The fraction of sp³-hybridized carbons (Fsp3) is 0.556. The highest BCUT2D eigenvalue weighted by molar-refractivity contribution is 9.10. The van der Waals surface area contributed by atoms with Gasteiger partial charge in [-0.25, -0.2) is 0 Å². The van der Waals surface area contributed by atoms with Gasteiger partial charge < -0.3 is 5.11 Å². The molecule has 1 rings (SSSR count). The average Bonchev–Trinajstić information content (AvgIpc) is 2.38. The minimum absolute atomic E-state index is 0.396. The Kier molecular flexibility index (Phi) is 4.21. The van der Waals surface area contributed by atoms with Crippen molar-refractivity contribution in [2.24, 2.45) is 7.05 Å². The van der Waals surface area contributed by atoms with Crippen LogP contribution in [0.25, 0.3) is 0 Å². The zero-order valence-electron chi connectivity index (χ0n) is 8.82. The summed E-state index contributed by atoms with van der Waals surface area (Å²) in [6.07, 6.45) is 0. The Balaban J connectivity index is 2.69. The number of hydrogen-bond donors (Lipinski definition) is 1. The van der Waals surface area contributed by atoms with Gasteiger partial charge in [0.1, 0.15) is 0 Å². The Morgan fingerprint density at radius 3 is 2.73 bits per heavy atom. The smallest absolute Gasteiger partial charge is 0.316 e. The van der Waals surface area contributed by atoms with Gasteiger partial charge in [0.15, 0.2) is 0 Å². The molecule has 0 radical (unpaired) electrons. The summed E-state index contributed by atoms with van der Waals surface area (Å²) in [6.45, 7) is 3.60. The third kappa shape index (κ3) is 2.98. The molecule has 0 spiro atoms. The lowest BCUT2D eigenvalue weighted by Crippen LogP contribution is -2.12. The summed E-state index contributed by atoms with van der Waals surface area (Å²) in [5.74, 6) is -0.138. The van der Waals surface area contributed by atoms with E-state index in [-0.39, 0.29) is 0 Å². The Labute approximate surface area is 101 Å². The number of carbonyl (C=O) groups is 1. The SMILES string of the molecule is Cc1nn(C)c(CSC(C)C(=O)O)c1Br. The molecule has 0 saturated heterocycles. The summed E-state index contributed by atoms with van der Waals surface area (Å²) >= 11 is 4.83. The van der Waals surface area contributed by atoms with E-state index in [0.29, 0.717) is 5.75 Å². The Hall–Kier alpha value is -0.490. The largest absolute Gasteiger partial charge is 0.480 e. The van der Waals surface area contributed by atoms with Crippen LogP contribution in [0.1, 0.15) is 18.3 Å². The van der Waals surface area contributed by atoms with E-state index in [4.69, 9.17) is 5.11 Å². The van der Waals surface area contributed by atoms with Crippen LogP contribution in [0.4, 0.5) is 0 Å². The van der Waals surface area contributed by atoms with E-state index in [0.717, 1.165) is 15.9 Å². The van der Waals surface area contributed by atoms with Gasteiger partial charge in [0.2, 0.25) is 0 Å². The van der Waals surface area contributed by atoms with E-state index in [1.54, 1.807) is 11.6 Å². The molecule has 1 heterocycles. The number of hydrogen-bond acceptors (Lipinski definition) is 3. The van der Waals surface area contributed by atoms with E-state index in [2.05, 4.69) is 21.0 Å². The molecule has 15 heavy (non-hydrogen) atoms. The fourth-order valence-electron chi connectivity index (χ4n) is 1.11. The normalized spacial score (nSPS) is 12.8. The van der Waals surface area contributed by atoms with Gasteiger partial charge in [0.25, 0.3) is 0 Å². The van der Waals surface area contributed by atoms with Gasteiger partial charge in [0, 0.05) is 12.8 Å². The zero-order valence-corrected chi connectivity index (χ0v) is 11.2. The summed E-state index contributed by atoms with van der Waals surface area (Å²) in [5, 5.41) is 12.6. The van der Waals surface area contributed by atoms with Crippen molar-refractivity contribution < 1.29 is 9.90 Å². The highest BCUT2D eigenvalue weighted by Gasteiger charge is 2.15. The molecule has 1 aromatic rings. The third-order valence-electron chi connectivity index (χ3n) is 2.08. The van der Waals surface area contributed by atoms with E-state index in [1.165, 1.54) is 11.8 Å². The van der Waals surface area contributed by atoms with Crippen molar-refractivity contribution in [3.63, 3.8) is 0 Å². The molecule has 1 N–H and O–H groups in total. The van der Waals surface area contributed by atoms with Crippen LogP contribution in [0, 0.1) is 6.92 Å². The number of nitrogens with zero attached hydrogens (tertiary/aromatic N) is 2. The van der Waals surface area contributed by atoms with Crippen LogP contribution in [0.15, 0.2) is 4.47 Å². The van der Waals surface area contributed by atoms with Crippen molar-refractivity contribution in [2.45, 2.75) is 24.9 Å². The molecule has 0 aliphatic rings. The lowest BCUT2D eigenvalue weighted by molar-refractivity contribution is -0.136. The molecule has 0 aromatic carbocycles. The topological polar surface area (TPSA) is 55.1 Å². The van der Waals surface area contributed by atoms with Crippen molar-refractivity contribution in [1.29, 1.82) is 0 Å². The minimum atomic E-state index is -0.782. The summed E-state index contributed by atoms with van der Waals surface area (Å²) in [4.78, 5) is 10.6. The molecular formula is C9H13BrN2O2S. The molecular weight excluding hydrogens is 280 g/mol. The molecule has 0 saturated carbocycles. The zero-order chi connectivity index (χ0) is 11.6. The van der Waals surface area contributed by atoms with Crippen molar-refractivity contribution >= 4 is 33.7 Å². The minimum Gasteiger partial charge on any atom is -0.480 e. The van der Waals surface area contributed by atoms with E-state index < -0.39 is 11.2 Å². The molecule has 1 aromatic heterocycles. The number of rotatable bonds is 4. The second-order valence-electron chi connectivity index (χ2n) is 3.26. The Morgan fingerprint density at radius 2 is 2.33 bits per heavy atom. The van der Waals surface area contributed by atoms with Crippen LogP contribution in [0.5, 0.6) is 0 Å².